The molecule has 0 radical (unpaired) electrons. The first-order valence-corrected chi connectivity index (χ1v) is 8.25. The minimum Gasteiger partial charge on any atom is -0.379 e. The lowest BCUT2D eigenvalue weighted by Gasteiger charge is -2.26. The third kappa shape index (κ3) is 6.02. The molecule has 1 aliphatic rings. The van der Waals surface area contributed by atoms with Gasteiger partial charge in [-0.25, -0.2) is 0 Å². The van der Waals surface area contributed by atoms with E-state index in [1.54, 1.807) is 18.2 Å². The van der Waals surface area contributed by atoms with Gasteiger partial charge in [0.25, 0.3) is 5.91 Å². The van der Waals surface area contributed by atoms with Crippen LogP contribution in [0.3, 0.4) is 0 Å². The van der Waals surface area contributed by atoms with Crippen LogP contribution in [0.5, 0.6) is 0 Å². The quantitative estimate of drug-likeness (QED) is 0.594. The Bertz CT molecular complexity index is 632. The van der Waals surface area contributed by atoms with Gasteiger partial charge >= 0.3 is 0 Å². The maximum absolute atomic E-state index is 12.0. The van der Waals surface area contributed by atoms with Gasteiger partial charge in [0.15, 0.2) is 0 Å². The highest BCUT2D eigenvalue weighted by atomic mass is 35.5. The number of benzene rings is 1. The van der Waals surface area contributed by atoms with Gasteiger partial charge in [-0.1, -0.05) is 23.2 Å². The first kappa shape index (κ1) is 18.6. The van der Waals surface area contributed by atoms with Crippen molar-refractivity contribution in [1.29, 1.82) is 5.26 Å². The van der Waals surface area contributed by atoms with Crippen LogP contribution in [0.4, 0.5) is 5.69 Å². The Kier molecular flexibility index (Phi) is 7.35. The second-order valence-corrected chi connectivity index (χ2v) is 6.06. The fourth-order valence-corrected chi connectivity index (χ4v) is 2.71. The van der Waals surface area contributed by atoms with Crippen LogP contribution in [0.1, 0.15) is 0 Å². The zero-order chi connectivity index (χ0) is 17.4. The van der Waals surface area contributed by atoms with E-state index in [9.17, 15) is 4.79 Å². The number of rotatable bonds is 6. The first-order chi connectivity index (χ1) is 11.6. The van der Waals surface area contributed by atoms with Crippen LogP contribution in [0.25, 0.3) is 0 Å². The summed E-state index contributed by atoms with van der Waals surface area (Å²) in [6, 6.07) is 6.77. The fraction of sp³-hybridized carbons (Fsp3) is 0.375. The van der Waals surface area contributed by atoms with Crippen LogP contribution in [-0.4, -0.2) is 50.2 Å². The number of anilines is 1. The van der Waals surface area contributed by atoms with Crippen LogP contribution in [0, 0.1) is 11.3 Å². The van der Waals surface area contributed by atoms with Crippen molar-refractivity contribution in [3.05, 3.63) is 40.0 Å². The summed E-state index contributed by atoms with van der Waals surface area (Å²) in [7, 11) is 0. The van der Waals surface area contributed by atoms with E-state index in [1.165, 1.54) is 6.20 Å². The summed E-state index contributed by atoms with van der Waals surface area (Å²) in [4.78, 5) is 14.2. The molecule has 6 nitrogen and oxygen atoms in total. The van der Waals surface area contributed by atoms with Gasteiger partial charge in [-0.3, -0.25) is 9.69 Å². The summed E-state index contributed by atoms with van der Waals surface area (Å²) in [6.07, 6.45) is 1.34. The molecular formula is C16H18Cl2N4O2. The third-order valence-electron chi connectivity index (χ3n) is 3.43. The fourth-order valence-electron chi connectivity index (χ4n) is 2.19. The molecule has 1 aromatic carbocycles. The summed E-state index contributed by atoms with van der Waals surface area (Å²) in [5.74, 6) is -0.425. The topological polar surface area (TPSA) is 77.4 Å². The highest BCUT2D eigenvalue weighted by Gasteiger charge is 2.12. The van der Waals surface area contributed by atoms with E-state index in [0.29, 0.717) is 35.5 Å². The van der Waals surface area contributed by atoms with Crippen molar-refractivity contribution >= 4 is 34.8 Å². The van der Waals surface area contributed by atoms with E-state index >= 15 is 0 Å². The van der Waals surface area contributed by atoms with Crippen molar-refractivity contribution in [2.75, 3.05) is 44.7 Å². The first-order valence-electron chi connectivity index (χ1n) is 7.49. The molecule has 2 rings (SSSR count). The molecule has 0 spiro atoms. The second-order valence-electron chi connectivity index (χ2n) is 5.18. The van der Waals surface area contributed by atoms with Gasteiger partial charge in [0.05, 0.1) is 13.2 Å². The smallest absolute Gasteiger partial charge is 0.263 e. The van der Waals surface area contributed by atoms with Crippen molar-refractivity contribution in [3.8, 4) is 6.07 Å². The lowest BCUT2D eigenvalue weighted by molar-refractivity contribution is -0.117. The Morgan fingerprint density at radius 3 is 2.58 bits per heavy atom. The Labute approximate surface area is 151 Å². The van der Waals surface area contributed by atoms with Gasteiger partial charge in [0.2, 0.25) is 0 Å². The normalized spacial score (nSPS) is 15.6. The van der Waals surface area contributed by atoms with Crippen molar-refractivity contribution in [2.45, 2.75) is 0 Å². The monoisotopic (exact) mass is 368 g/mol. The van der Waals surface area contributed by atoms with E-state index in [1.807, 2.05) is 6.07 Å². The van der Waals surface area contributed by atoms with E-state index in [4.69, 9.17) is 33.2 Å². The van der Waals surface area contributed by atoms with Crippen LogP contribution < -0.4 is 10.6 Å². The maximum atomic E-state index is 12.0. The molecule has 1 saturated heterocycles. The molecule has 1 fully saturated rings. The van der Waals surface area contributed by atoms with Crippen molar-refractivity contribution in [2.24, 2.45) is 0 Å². The average molecular weight is 369 g/mol. The van der Waals surface area contributed by atoms with Gasteiger partial charge in [0, 0.05) is 48.1 Å². The molecule has 0 unspecified atom stereocenters. The number of hydrogen-bond acceptors (Lipinski definition) is 5. The minimum atomic E-state index is -0.425. The molecule has 1 heterocycles. The van der Waals surface area contributed by atoms with Crippen molar-refractivity contribution in [3.63, 3.8) is 0 Å². The third-order valence-corrected chi connectivity index (χ3v) is 3.86. The number of nitrogens with one attached hydrogen (secondary N) is 2. The predicted octanol–water partition coefficient (Wildman–Crippen LogP) is 2.26. The lowest BCUT2D eigenvalue weighted by Crippen LogP contribution is -2.41. The van der Waals surface area contributed by atoms with Crippen LogP contribution in [0.2, 0.25) is 10.0 Å². The Balaban J connectivity index is 1.84. The number of halogens is 2. The molecule has 0 saturated carbocycles. The molecular weight excluding hydrogens is 351 g/mol. The van der Waals surface area contributed by atoms with Crippen LogP contribution in [0.15, 0.2) is 30.0 Å². The number of nitriles is 1. The molecule has 1 aliphatic heterocycles. The molecule has 0 atom stereocenters. The molecule has 0 aliphatic carbocycles. The molecule has 1 aromatic rings. The second kappa shape index (κ2) is 9.50. The maximum Gasteiger partial charge on any atom is 0.263 e. The largest absolute Gasteiger partial charge is 0.379 e. The highest BCUT2D eigenvalue weighted by molar-refractivity contribution is 6.35. The van der Waals surface area contributed by atoms with Crippen LogP contribution in [-0.2, 0) is 9.53 Å². The Morgan fingerprint density at radius 2 is 1.96 bits per heavy atom. The lowest BCUT2D eigenvalue weighted by atomic mass is 10.2. The molecule has 8 heteroatoms. The highest BCUT2D eigenvalue weighted by Crippen LogP contribution is 2.22. The summed E-state index contributed by atoms with van der Waals surface area (Å²) in [5.41, 5.74) is 0.578. The van der Waals surface area contributed by atoms with Gasteiger partial charge in [-0.15, -0.1) is 0 Å². The van der Waals surface area contributed by atoms with E-state index in [-0.39, 0.29) is 5.57 Å². The number of nitrogens with zero attached hydrogens (tertiary/aromatic N) is 2. The van der Waals surface area contributed by atoms with E-state index in [0.717, 1.165) is 19.6 Å². The number of carbonyl (C=O) groups is 1. The van der Waals surface area contributed by atoms with Gasteiger partial charge in [0.1, 0.15) is 11.6 Å². The van der Waals surface area contributed by atoms with Crippen molar-refractivity contribution < 1.29 is 9.53 Å². The van der Waals surface area contributed by atoms with Gasteiger partial charge < -0.3 is 15.4 Å². The number of carbonyl (C=O) groups excluding carboxylic acids is 1. The zero-order valence-electron chi connectivity index (χ0n) is 13.0. The predicted molar refractivity (Wildman–Crippen MR) is 94.0 cm³/mol. The Morgan fingerprint density at radius 1 is 1.29 bits per heavy atom. The van der Waals surface area contributed by atoms with Gasteiger partial charge in [-0.2, -0.15) is 5.26 Å². The molecule has 128 valence electrons. The molecule has 0 bridgehead atoms. The number of hydrogen-bond donors (Lipinski definition) is 2. The summed E-state index contributed by atoms with van der Waals surface area (Å²) < 4.78 is 5.27. The summed E-state index contributed by atoms with van der Waals surface area (Å²) in [5, 5.41) is 15.7. The molecule has 1 amide bonds. The number of morpholine rings is 1. The minimum absolute atomic E-state index is 0.0203. The van der Waals surface area contributed by atoms with E-state index in [2.05, 4.69) is 15.5 Å². The SMILES string of the molecule is N#C/C(=C/Nc1cc(Cl)cc(Cl)c1)C(=O)NCCN1CCOCC1. The number of ether oxygens (including phenoxy) is 1. The molecule has 2 N–H and O–H groups in total. The van der Waals surface area contributed by atoms with Gasteiger partial charge in [-0.05, 0) is 18.2 Å². The van der Waals surface area contributed by atoms with E-state index < -0.39 is 5.91 Å². The van der Waals surface area contributed by atoms with Crippen molar-refractivity contribution in [1.82, 2.24) is 10.2 Å². The molecule has 0 aromatic heterocycles. The summed E-state index contributed by atoms with van der Waals surface area (Å²) in [6.45, 7) is 4.33. The Hall–Kier alpha value is -1.78. The standard InChI is InChI=1S/C16H18Cl2N4O2/c17-13-7-14(18)9-15(8-13)21-11-12(10-19)16(23)20-1-2-22-3-5-24-6-4-22/h7-9,11,21H,1-6H2,(H,20,23)/b12-11-. The average Bonchev–Trinajstić information content (AvgIpc) is 2.55. The van der Waals surface area contributed by atoms with Crippen LogP contribution >= 0.6 is 23.2 Å². The zero-order valence-corrected chi connectivity index (χ0v) is 14.5. The molecule has 24 heavy (non-hydrogen) atoms. The number of amides is 1. The summed E-state index contributed by atoms with van der Waals surface area (Å²) >= 11 is 11.8.